The molecule has 3 rings (SSSR count). The Morgan fingerprint density at radius 3 is 2.22 bits per heavy atom. The van der Waals surface area contributed by atoms with Gasteiger partial charge in [-0.15, -0.1) is 4.40 Å². The highest BCUT2D eigenvalue weighted by Crippen LogP contribution is 2.38. The lowest BCUT2D eigenvalue weighted by molar-refractivity contribution is 0.0943. The minimum atomic E-state index is -3.78. The number of sulfonamides is 1. The fourth-order valence-electron chi connectivity index (χ4n) is 2.60. The van der Waals surface area contributed by atoms with E-state index in [9.17, 15) is 13.2 Å². The van der Waals surface area contributed by atoms with Crippen LogP contribution in [0.15, 0.2) is 45.7 Å². The largest absolute Gasteiger partial charge is 0.493 e. The fourth-order valence-corrected chi connectivity index (χ4v) is 3.77. The zero-order valence-electron chi connectivity index (χ0n) is 14.8. The first-order chi connectivity index (χ1) is 12.9. The molecule has 9 nitrogen and oxygen atoms in total. The number of amidine groups is 1. The summed E-state index contributed by atoms with van der Waals surface area (Å²) in [5.74, 6) is 0.469. The zero-order chi connectivity index (χ0) is 19.6. The molecule has 27 heavy (non-hydrogen) atoms. The number of nitrogens with one attached hydrogen (secondary N) is 2. The first-order valence-corrected chi connectivity index (χ1v) is 9.16. The molecule has 0 saturated carbocycles. The maximum Gasteiger partial charge on any atom is 0.285 e. The summed E-state index contributed by atoms with van der Waals surface area (Å²) in [5, 5.41) is 0. The van der Waals surface area contributed by atoms with Crippen LogP contribution >= 0.6 is 0 Å². The predicted molar refractivity (Wildman–Crippen MR) is 96.9 cm³/mol. The normalized spacial score (nSPS) is 14.0. The Kier molecular flexibility index (Phi) is 4.91. The van der Waals surface area contributed by atoms with Crippen LogP contribution in [0.1, 0.15) is 15.9 Å². The van der Waals surface area contributed by atoms with E-state index < -0.39 is 15.9 Å². The van der Waals surface area contributed by atoms with Crippen LogP contribution in [0, 0.1) is 0 Å². The van der Waals surface area contributed by atoms with Crippen LogP contribution in [0.4, 0.5) is 0 Å². The van der Waals surface area contributed by atoms with Crippen LogP contribution < -0.4 is 25.1 Å². The summed E-state index contributed by atoms with van der Waals surface area (Å²) in [6.45, 7) is 0. The van der Waals surface area contributed by atoms with Gasteiger partial charge in [0.05, 0.1) is 21.3 Å². The molecule has 0 aliphatic carbocycles. The third-order valence-electron chi connectivity index (χ3n) is 3.85. The van der Waals surface area contributed by atoms with Crippen molar-refractivity contribution < 1.29 is 27.4 Å². The molecule has 2 N–H and O–H groups in total. The molecule has 0 aromatic heterocycles. The molecule has 0 saturated heterocycles. The van der Waals surface area contributed by atoms with Crippen molar-refractivity contribution in [1.29, 1.82) is 0 Å². The molecular formula is C17H17N3O6S. The summed E-state index contributed by atoms with van der Waals surface area (Å²) < 4.78 is 43.3. The molecule has 2 aromatic rings. The van der Waals surface area contributed by atoms with Crippen LogP contribution in [0.25, 0.3) is 0 Å². The SMILES string of the molecule is COc1cc(C(=O)NNC2=NS(=O)(=O)c3ccccc32)cc(OC)c1OC. The molecule has 10 heteroatoms. The van der Waals surface area contributed by atoms with E-state index in [0.29, 0.717) is 22.8 Å². The molecular weight excluding hydrogens is 374 g/mol. The number of fused-ring (bicyclic) bond motifs is 1. The van der Waals surface area contributed by atoms with Crippen molar-refractivity contribution in [3.05, 3.63) is 47.5 Å². The van der Waals surface area contributed by atoms with E-state index in [0.717, 1.165) is 0 Å². The number of carbonyl (C=O) groups excluding carboxylic acids is 1. The molecule has 0 fully saturated rings. The first kappa shape index (κ1) is 18.5. The lowest BCUT2D eigenvalue weighted by Gasteiger charge is -2.14. The lowest BCUT2D eigenvalue weighted by atomic mass is 10.1. The van der Waals surface area contributed by atoms with Crippen LogP contribution in [-0.4, -0.2) is 41.5 Å². The van der Waals surface area contributed by atoms with Crippen LogP contribution in [0.3, 0.4) is 0 Å². The van der Waals surface area contributed by atoms with Gasteiger partial charge in [0.15, 0.2) is 17.3 Å². The molecule has 1 heterocycles. The smallest absolute Gasteiger partial charge is 0.285 e. The fraction of sp³-hybridized carbons (Fsp3) is 0.176. The molecule has 0 radical (unpaired) electrons. The van der Waals surface area contributed by atoms with Gasteiger partial charge in [-0.05, 0) is 24.3 Å². The Morgan fingerprint density at radius 2 is 1.63 bits per heavy atom. The Labute approximate surface area is 156 Å². The minimum absolute atomic E-state index is 0.0337. The number of hydrazine groups is 1. The monoisotopic (exact) mass is 391 g/mol. The van der Waals surface area contributed by atoms with Crippen molar-refractivity contribution in [1.82, 2.24) is 10.9 Å². The van der Waals surface area contributed by atoms with E-state index >= 15 is 0 Å². The molecule has 0 spiro atoms. The number of nitrogens with zero attached hydrogens (tertiary/aromatic N) is 1. The van der Waals surface area contributed by atoms with Crippen LogP contribution in [0.2, 0.25) is 0 Å². The number of benzene rings is 2. The van der Waals surface area contributed by atoms with Gasteiger partial charge in [0.2, 0.25) is 5.75 Å². The maximum atomic E-state index is 12.5. The van der Waals surface area contributed by atoms with Crippen molar-refractivity contribution in [2.24, 2.45) is 4.40 Å². The van der Waals surface area contributed by atoms with Crippen molar-refractivity contribution in [3.8, 4) is 17.2 Å². The van der Waals surface area contributed by atoms with Crippen LogP contribution in [0.5, 0.6) is 17.2 Å². The second-order valence-electron chi connectivity index (χ2n) is 5.40. The summed E-state index contributed by atoms with van der Waals surface area (Å²) in [6.07, 6.45) is 0. The Morgan fingerprint density at radius 1 is 1.00 bits per heavy atom. The Bertz CT molecular complexity index is 1010. The second kappa shape index (κ2) is 7.16. The quantitative estimate of drug-likeness (QED) is 0.750. The van der Waals surface area contributed by atoms with Gasteiger partial charge < -0.3 is 14.2 Å². The highest BCUT2D eigenvalue weighted by molar-refractivity contribution is 7.90. The topological polar surface area (TPSA) is 115 Å². The summed E-state index contributed by atoms with van der Waals surface area (Å²) >= 11 is 0. The Balaban J connectivity index is 1.83. The number of rotatable bonds is 4. The highest BCUT2D eigenvalue weighted by Gasteiger charge is 2.28. The van der Waals surface area contributed by atoms with Gasteiger partial charge in [0.1, 0.15) is 4.90 Å². The van der Waals surface area contributed by atoms with E-state index in [1.165, 1.54) is 39.5 Å². The molecule has 0 atom stereocenters. The van der Waals surface area contributed by atoms with E-state index in [2.05, 4.69) is 15.2 Å². The number of hydrogen-bond acceptors (Lipinski definition) is 7. The van der Waals surface area contributed by atoms with Gasteiger partial charge in [-0.2, -0.15) is 8.42 Å². The van der Waals surface area contributed by atoms with Gasteiger partial charge in [-0.1, -0.05) is 12.1 Å². The molecule has 1 aliphatic heterocycles. The number of hydrogen-bond donors (Lipinski definition) is 2. The molecule has 142 valence electrons. The summed E-state index contributed by atoms with van der Waals surface area (Å²) in [5.41, 5.74) is 5.57. The lowest BCUT2D eigenvalue weighted by Crippen LogP contribution is -2.41. The van der Waals surface area contributed by atoms with Gasteiger partial charge >= 0.3 is 0 Å². The van der Waals surface area contributed by atoms with E-state index in [1.807, 2.05) is 0 Å². The highest BCUT2D eigenvalue weighted by atomic mass is 32.2. The predicted octanol–water partition coefficient (Wildman–Crippen LogP) is 1.10. The van der Waals surface area contributed by atoms with Crippen molar-refractivity contribution >= 4 is 21.8 Å². The van der Waals surface area contributed by atoms with E-state index in [4.69, 9.17) is 14.2 Å². The average molecular weight is 391 g/mol. The second-order valence-corrected chi connectivity index (χ2v) is 6.98. The van der Waals surface area contributed by atoms with Crippen molar-refractivity contribution in [2.75, 3.05) is 21.3 Å². The summed E-state index contributed by atoms with van der Waals surface area (Å²) in [7, 11) is 0.550. The third-order valence-corrected chi connectivity index (χ3v) is 5.19. The van der Waals surface area contributed by atoms with Gasteiger partial charge in [-0.3, -0.25) is 15.6 Å². The van der Waals surface area contributed by atoms with Gasteiger partial charge in [-0.25, -0.2) is 0 Å². The minimum Gasteiger partial charge on any atom is -0.493 e. The molecule has 0 bridgehead atoms. The molecule has 2 aromatic carbocycles. The summed E-state index contributed by atoms with van der Waals surface area (Å²) in [6, 6.07) is 9.27. The average Bonchev–Trinajstić information content (AvgIpc) is 2.95. The number of methoxy groups -OCH3 is 3. The van der Waals surface area contributed by atoms with Gasteiger partial charge in [0, 0.05) is 11.1 Å². The standard InChI is InChI=1S/C17H17N3O6S/c1-24-12-8-10(9-13(25-2)15(12)26-3)17(21)19-18-16-11-6-4-5-7-14(11)27(22,23)20-16/h4-9H,1-3H3,(H,18,20)(H,19,21). The van der Waals surface area contributed by atoms with Gasteiger partial charge in [0.25, 0.3) is 15.9 Å². The molecule has 1 amide bonds. The van der Waals surface area contributed by atoms with E-state index in [-0.39, 0.29) is 16.3 Å². The van der Waals surface area contributed by atoms with Crippen molar-refractivity contribution in [3.63, 3.8) is 0 Å². The first-order valence-electron chi connectivity index (χ1n) is 7.72. The molecule has 1 aliphatic rings. The third kappa shape index (κ3) is 3.38. The Hall–Kier alpha value is -3.27. The summed E-state index contributed by atoms with van der Waals surface area (Å²) in [4.78, 5) is 12.6. The zero-order valence-corrected chi connectivity index (χ0v) is 15.6. The maximum absolute atomic E-state index is 12.5. The number of amides is 1. The van der Waals surface area contributed by atoms with E-state index in [1.54, 1.807) is 18.2 Å². The van der Waals surface area contributed by atoms with Crippen LogP contribution in [-0.2, 0) is 10.0 Å². The van der Waals surface area contributed by atoms with Crippen molar-refractivity contribution in [2.45, 2.75) is 4.90 Å². The number of ether oxygens (including phenoxy) is 3. The molecule has 0 unspecified atom stereocenters. The number of carbonyl (C=O) groups is 1.